The van der Waals surface area contributed by atoms with E-state index in [0.29, 0.717) is 18.4 Å². The van der Waals surface area contributed by atoms with Gasteiger partial charge in [0, 0.05) is 11.1 Å². The van der Waals surface area contributed by atoms with Gasteiger partial charge in [-0.05, 0) is 30.5 Å². The van der Waals surface area contributed by atoms with E-state index in [1.165, 1.54) is 23.5 Å². The summed E-state index contributed by atoms with van der Waals surface area (Å²) in [6.45, 7) is 0. The first-order chi connectivity index (χ1) is 8.65. The van der Waals surface area contributed by atoms with Crippen molar-refractivity contribution >= 4 is 17.3 Å². The van der Waals surface area contributed by atoms with E-state index < -0.39 is 11.9 Å². The largest absolute Gasteiger partial charge is 0.481 e. The monoisotopic (exact) mass is 265 g/mol. The minimum atomic E-state index is -0.868. The van der Waals surface area contributed by atoms with Crippen LogP contribution < -0.4 is 0 Å². The van der Waals surface area contributed by atoms with Gasteiger partial charge in [-0.15, -0.1) is 11.3 Å². The molecule has 0 bridgehead atoms. The molecule has 1 aromatic heterocycles. The third-order valence-electron chi connectivity index (χ3n) is 2.65. The Balaban J connectivity index is 2.09. The molecule has 2 aromatic rings. The van der Waals surface area contributed by atoms with Crippen LogP contribution in [0, 0.1) is 11.7 Å². The number of hydrogen-bond acceptors (Lipinski definition) is 3. The van der Waals surface area contributed by atoms with Gasteiger partial charge in [-0.1, -0.05) is 12.1 Å². The molecule has 0 saturated heterocycles. The molecule has 0 fully saturated rings. The summed E-state index contributed by atoms with van der Waals surface area (Å²) in [6, 6.07) is 6.06. The van der Waals surface area contributed by atoms with Crippen molar-refractivity contribution in [3.05, 3.63) is 52.2 Å². The van der Waals surface area contributed by atoms with Gasteiger partial charge in [-0.3, -0.25) is 9.78 Å². The number of rotatable bonds is 5. The van der Waals surface area contributed by atoms with Crippen LogP contribution in [0.15, 0.2) is 36.0 Å². The first-order valence-electron chi connectivity index (χ1n) is 5.50. The molecule has 5 heteroatoms. The van der Waals surface area contributed by atoms with E-state index in [0.717, 1.165) is 4.88 Å². The quantitative estimate of drug-likeness (QED) is 0.904. The Morgan fingerprint density at radius 1 is 1.44 bits per heavy atom. The molecule has 3 nitrogen and oxygen atoms in total. The van der Waals surface area contributed by atoms with Gasteiger partial charge in [-0.2, -0.15) is 0 Å². The lowest BCUT2D eigenvalue weighted by Gasteiger charge is -2.11. The van der Waals surface area contributed by atoms with Crippen LogP contribution in [0.3, 0.4) is 0 Å². The minimum absolute atomic E-state index is 0.324. The number of thiazole rings is 1. The first-order valence-corrected chi connectivity index (χ1v) is 6.37. The van der Waals surface area contributed by atoms with Gasteiger partial charge in [-0.25, -0.2) is 4.39 Å². The maximum Gasteiger partial charge on any atom is 0.307 e. The predicted octanol–water partition coefficient (Wildman–Crippen LogP) is 2.77. The van der Waals surface area contributed by atoms with Crippen molar-refractivity contribution in [3.8, 4) is 0 Å². The summed E-state index contributed by atoms with van der Waals surface area (Å²) >= 11 is 1.43. The van der Waals surface area contributed by atoms with Crippen molar-refractivity contribution < 1.29 is 14.3 Å². The molecule has 2 rings (SSSR count). The molecule has 0 spiro atoms. The highest BCUT2D eigenvalue weighted by Crippen LogP contribution is 2.18. The highest BCUT2D eigenvalue weighted by Gasteiger charge is 2.19. The van der Waals surface area contributed by atoms with Crippen molar-refractivity contribution in [2.24, 2.45) is 5.92 Å². The number of aromatic nitrogens is 1. The molecule has 0 radical (unpaired) electrons. The smallest absolute Gasteiger partial charge is 0.307 e. The number of carbonyl (C=O) groups is 1. The first kappa shape index (κ1) is 12.7. The van der Waals surface area contributed by atoms with E-state index in [2.05, 4.69) is 4.98 Å². The van der Waals surface area contributed by atoms with Crippen molar-refractivity contribution in [2.75, 3.05) is 0 Å². The van der Waals surface area contributed by atoms with Crippen molar-refractivity contribution in [1.29, 1.82) is 0 Å². The fourth-order valence-corrected chi connectivity index (χ4v) is 2.46. The van der Waals surface area contributed by atoms with E-state index >= 15 is 0 Å². The zero-order chi connectivity index (χ0) is 13.0. The third-order valence-corrected chi connectivity index (χ3v) is 3.45. The van der Waals surface area contributed by atoms with Crippen molar-refractivity contribution in [2.45, 2.75) is 12.8 Å². The molecule has 1 N–H and O–H groups in total. The fraction of sp³-hybridized carbons (Fsp3) is 0.231. The van der Waals surface area contributed by atoms with E-state index in [1.807, 2.05) is 0 Å². The Hall–Kier alpha value is -1.75. The van der Waals surface area contributed by atoms with Gasteiger partial charge in [0.05, 0.1) is 11.4 Å². The number of aliphatic carboxylic acids is 1. The summed E-state index contributed by atoms with van der Waals surface area (Å²) in [5.74, 6) is -1.76. The van der Waals surface area contributed by atoms with Crippen LogP contribution in [0.5, 0.6) is 0 Å². The van der Waals surface area contributed by atoms with Gasteiger partial charge in [0.2, 0.25) is 0 Å². The zero-order valence-electron chi connectivity index (χ0n) is 9.54. The second kappa shape index (κ2) is 5.73. The number of benzene rings is 1. The normalized spacial score (nSPS) is 12.3. The highest BCUT2D eigenvalue weighted by molar-refractivity contribution is 7.09. The maximum atomic E-state index is 13.0. The molecule has 1 atom stereocenters. The Labute approximate surface area is 108 Å². The number of nitrogens with zero attached hydrogens (tertiary/aromatic N) is 1. The standard InChI is InChI=1S/C13H12FNO2S/c14-11-3-1-2-9(5-11)4-10(13(16)17)6-12-7-15-8-18-12/h1-3,5,7-8,10H,4,6H2,(H,16,17). The molecule has 0 amide bonds. The molecule has 0 saturated carbocycles. The van der Waals surface area contributed by atoms with Crippen LogP contribution in [-0.2, 0) is 17.6 Å². The van der Waals surface area contributed by atoms with Gasteiger partial charge < -0.3 is 5.11 Å². The van der Waals surface area contributed by atoms with Gasteiger partial charge in [0.1, 0.15) is 5.82 Å². The second-order valence-electron chi connectivity index (χ2n) is 4.04. The van der Waals surface area contributed by atoms with Gasteiger partial charge in [0.25, 0.3) is 0 Å². The summed E-state index contributed by atoms with van der Waals surface area (Å²) < 4.78 is 13.0. The van der Waals surface area contributed by atoms with Crippen LogP contribution in [0.25, 0.3) is 0 Å². The van der Waals surface area contributed by atoms with E-state index in [9.17, 15) is 14.3 Å². The van der Waals surface area contributed by atoms with E-state index in [-0.39, 0.29) is 5.82 Å². The van der Waals surface area contributed by atoms with Crippen LogP contribution in [0.1, 0.15) is 10.4 Å². The Morgan fingerprint density at radius 2 is 2.28 bits per heavy atom. The minimum Gasteiger partial charge on any atom is -0.481 e. The Bertz CT molecular complexity index is 528. The molecule has 1 heterocycles. The topological polar surface area (TPSA) is 50.2 Å². The van der Waals surface area contributed by atoms with E-state index in [4.69, 9.17) is 0 Å². The summed E-state index contributed by atoms with van der Waals surface area (Å²) in [5, 5.41) is 9.19. The number of hydrogen-bond donors (Lipinski definition) is 1. The third kappa shape index (κ3) is 3.37. The van der Waals surface area contributed by atoms with Crippen molar-refractivity contribution in [3.63, 3.8) is 0 Å². The average Bonchev–Trinajstić information content (AvgIpc) is 2.81. The molecule has 0 aliphatic heterocycles. The molecule has 94 valence electrons. The number of carboxylic acid groups (broad SMARTS) is 1. The molecule has 0 aliphatic rings. The summed E-state index contributed by atoms with van der Waals surface area (Å²) in [6.07, 6.45) is 2.42. The van der Waals surface area contributed by atoms with Gasteiger partial charge in [0.15, 0.2) is 0 Å². The molecule has 0 aliphatic carbocycles. The molecule has 1 aromatic carbocycles. The summed E-state index contributed by atoms with van der Waals surface area (Å²) in [7, 11) is 0. The number of carboxylic acids is 1. The maximum absolute atomic E-state index is 13.0. The lowest BCUT2D eigenvalue weighted by Crippen LogP contribution is -2.18. The molecule has 1 unspecified atom stereocenters. The van der Waals surface area contributed by atoms with Crippen molar-refractivity contribution in [1.82, 2.24) is 4.98 Å². The molecular formula is C13H12FNO2S. The van der Waals surface area contributed by atoms with Gasteiger partial charge >= 0.3 is 5.97 Å². The van der Waals surface area contributed by atoms with Crippen LogP contribution in [-0.4, -0.2) is 16.1 Å². The predicted molar refractivity (Wildman–Crippen MR) is 67.0 cm³/mol. The molecular weight excluding hydrogens is 253 g/mol. The van der Waals surface area contributed by atoms with Crippen LogP contribution in [0.2, 0.25) is 0 Å². The number of halogens is 1. The Morgan fingerprint density at radius 3 is 2.89 bits per heavy atom. The van der Waals surface area contributed by atoms with Crippen LogP contribution >= 0.6 is 11.3 Å². The fourth-order valence-electron chi connectivity index (χ4n) is 1.78. The lowest BCUT2D eigenvalue weighted by molar-refractivity contribution is -0.141. The Kier molecular flexibility index (Phi) is 4.04. The average molecular weight is 265 g/mol. The summed E-state index contributed by atoms with van der Waals surface area (Å²) in [5.41, 5.74) is 2.38. The lowest BCUT2D eigenvalue weighted by atomic mass is 9.96. The second-order valence-corrected chi connectivity index (χ2v) is 5.01. The molecule has 18 heavy (non-hydrogen) atoms. The van der Waals surface area contributed by atoms with Crippen LogP contribution in [0.4, 0.5) is 4.39 Å². The zero-order valence-corrected chi connectivity index (χ0v) is 10.4. The highest BCUT2D eigenvalue weighted by atomic mass is 32.1. The SMILES string of the molecule is O=C(O)C(Cc1cccc(F)c1)Cc1cncs1. The van der Waals surface area contributed by atoms with E-state index in [1.54, 1.807) is 23.8 Å². The summed E-state index contributed by atoms with van der Waals surface area (Å²) in [4.78, 5) is 16.1.